The van der Waals surface area contributed by atoms with E-state index in [-0.39, 0.29) is 18.2 Å². The SMILES string of the molecule is CC(C)(C)NC(=O)C(=O)C(C[C@@H]1CCCNC1=O)NC(=O)[C@H](CC1CCC1)NC(=O)c1cc2ccccc2[nH]1. The van der Waals surface area contributed by atoms with Crippen molar-refractivity contribution >= 4 is 40.3 Å². The third kappa shape index (κ3) is 7.46. The Morgan fingerprint density at radius 1 is 0.974 bits per heavy atom. The first-order chi connectivity index (χ1) is 18.5. The quantitative estimate of drug-likeness (QED) is 0.295. The lowest BCUT2D eigenvalue weighted by molar-refractivity contribution is -0.142. The van der Waals surface area contributed by atoms with Crippen LogP contribution in [0.4, 0.5) is 0 Å². The lowest BCUT2D eigenvalue weighted by atomic mass is 9.80. The van der Waals surface area contributed by atoms with Gasteiger partial charge in [-0.3, -0.25) is 24.0 Å². The number of nitrogens with one attached hydrogen (secondary N) is 5. The number of rotatable bonds is 10. The van der Waals surface area contributed by atoms with E-state index in [1.165, 1.54) is 0 Å². The zero-order valence-electron chi connectivity index (χ0n) is 22.9. The molecular formula is C29H39N5O5. The van der Waals surface area contributed by atoms with Gasteiger partial charge in [0.1, 0.15) is 11.7 Å². The Morgan fingerprint density at radius 2 is 1.72 bits per heavy atom. The number of Topliss-reactive ketones (excluding diaryl/α,β-unsaturated/α-hetero) is 1. The maximum atomic E-state index is 13.6. The van der Waals surface area contributed by atoms with Crippen molar-refractivity contribution < 1.29 is 24.0 Å². The van der Waals surface area contributed by atoms with Crippen molar-refractivity contribution in [2.45, 2.75) is 83.3 Å². The smallest absolute Gasteiger partial charge is 0.290 e. The van der Waals surface area contributed by atoms with E-state index in [0.29, 0.717) is 25.1 Å². The van der Waals surface area contributed by atoms with Gasteiger partial charge in [-0.1, -0.05) is 37.5 Å². The number of hydrogen-bond donors (Lipinski definition) is 5. The molecule has 1 aromatic heterocycles. The van der Waals surface area contributed by atoms with Crippen molar-refractivity contribution in [3.63, 3.8) is 0 Å². The van der Waals surface area contributed by atoms with Gasteiger partial charge in [0.25, 0.3) is 11.8 Å². The fourth-order valence-electron chi connectivity index (χ4n) is 5.13. The highest BCUT2D eigenvalue weighted by Gasteiger charge is 2.36. The number of carbonyl (C=O) groups is 5. The summed E-state index contributed by atoms with van der Waals surface area (Å²) in [5.41, 5.74) is 0.492. The molecule has 1 unspecified atom stereocenters. The van der Waals surface area contributed by atoms with Crippen LogP contribution in [-0.2, 0) is 19.2 Å². The molecule has 1 aromatic carbocycles. The number of ketones is 1. The largest absolute Gasteiger partial charge is 0.356 e. The molecule has 0 radical (unpaired) electrons. The van der Waals surface area contributed by atoms with Gasteiger partial charge in [-0.2, -0.15) is 0 Å². The lowest BCUT2D eigenvalue weighted by Crippen LogP contribution is -2.57. The second kappa shape index (κ2) is 12.0. The van der Waals surface area contributed by atoms with Crippen LogP contribution in [0.5, 0.6) is 0 Å². The number of amides is 4. The van der Waals surface area contributed by atoms with Crippen molar-refractivity contribution in [3.8, 4) is 0 Å². The van der Waals surface area contributed by atoms with Crippen LogP contribution in [-0.4, -0.2) is 58.6 Å². The van der Waals surface area contributed by atoms with Gasteiger partial charge >= 0.3 is 0 Å². The Labute approximate surface area is 228 Å². The summed E-state index contributed by atoms with van der Waals surface area (Å²) in [6.45, 7) is 5.84. The molecule has 1 saturated heterocycles. The normalized spacial score (nSPS) is 19.4. The van der Waals surface area contributed by atoms with Crippen LogP contribution >= 0.6 is 0 Å². The fraction of sp³-hybridized carbons (Fsp3) is 0.552. The van der Waals surface area contributed by atoms with Gasteiger partial charge in [0.15, 0.2) is 0 Å². The molecule has 1 aliphatic heterocycles. The van der Waals surface area contributed by atoms with Gasteiger partial charge in [-0.05, 0) is 64.5 Å². The molecule has 10 heteroatoms. The number of para-hydroxylation sites is 1. The first kappa shape index (κ1) is 28.3. The topological polar surface area (TPSA) is 149 Å². The average Bonchev–Trinajstić information content (AvgIpc) is 3.29. The van der Waals surface area contributed by atoms with Crippen molar-refractivity contribution in [2.24, 2.45) is 11.8 Å². The summed E-state index contributed by atoms with van der Waals surface area (Å²) in [7, 11) is 0. The van der Waals surface area contributed by atoms with E-state index in [1.807, 2.05) is 24.3 Å². The van der Waals surface area contributed by atoms with Crippen LogP contribution in [0.25, 0.3) is 10.9 Å². The fourth-order valence-corrected chi connectivity index (χ4v) is 5.13. The molecule has 210 valence electrons. The molecule has 0 spiro atoms. The standard InChI is InChI=1S/C29H39N5O5/c1-29(2,3)34-28(39)24(35)21(16-19-11-7-13-30-25(19)36)32-26(37)22(14-17-8-6-9-17)33-27(38)23-15-18-10-4-5-12-20(18)31-23/h4-5,10,12,15,17,19,21-22,31H,6-9,11,13-14,16H2,1-3H3,(H,30,36)(H,32,37)(H,33,38)(H,34,39)/t19-,21?,22-/m0/s1. The molecule has 10 nitrogen and oxygen atoms in total. The van der Waals surface area contributed by atoms with E-state index in [1.54, 1.807) is 26.8 Å². The number of piperidine rings is 1. The first-order valence-electron chi connectivity index (χ1n) is 13.8. The monoisotopic (exact) mass is 537 g/mol. The molecule has 3 atom stereocenters. The second-order valence-electron chi connectivity index (χ2n) is 11.8. The summed E-state index contributed by atoms with van der Waals surface area (Å²) in [4.78, 5) is 68.3. The minimum absolute atomic E-state index is 0.0140. The molecule has 2 aliphatic rings. The van der Waals surface area contributed by atoms with Crippen LogP contribution < -0.4 is 21.3 Å². The predicted molar refractivity (Wildman–Crippen MR) is 147 cm³/mol. The molecule has 0 bridgehead atoms. The van der Waals surface area contributed by atoms with E-state index >= 15 is 0 Å². The number of fused-ring (bicyclic) bond motifs is 1. The lowest BCUT2D eigenvalue weighted by Gasteiger charge is -2.31. The van der Waals surface area contributed by atoms with Gasteiger partial charge in [0.05, 0.1) is 6.04 Å². The van der Waals surface area contributed by atoms with E-state index in [0.717, 1.165) is 36.6 Å². The molecule has 2 aromatic rings. The maximum absolute atomic E-state index is 13.6. The zero-order valence-corrected chi connectivity index (χ0v) is 22.9. The summed E-state index contributed by atoms with van der Waals surface area (Å²) < 4.78 is 0. The van der Waals surface area contributed by atoms with E-state index in [4.69, 9.17) is 0 Å². The van der Waals surface area contributed by atoms with Gasteiger partial charge < -0.3 is 26.3 Å². The number of aromatic amines is 1. The molecule has 1 aliphatic carbocycles. The van der Waals surface area contributed by atoms with Crippen molar-refractivity contribution in [3.05, 3.63) is 36.0 Å². The molecule has 5 N–H and O–H groups in total. The number of benzene rings is 1. The van der Waals surface area contributed by atoms with Crippen LogP contribution in [0.2, 0.25) is 0 Å². The van der Waals surface area contributed by atoms with Gasteiger partial charge in [-0.15, -0.1) is 0 Å². The van der Waals surface area contributed by atoms with Crippen LogP contribution in [0.3, 0.4) is 0 Å². The van der Waals surface area contributed by atoms with Gasteiger partial charge in [0, 0.05) is 28.9 Å². The second-order valence-corrected chi connectivity index (χ2v) is 11.8. The number of aromatic nitrogens is 1. The highest BCUT2D eigenvalue weighted by molar-refractivity contribution is 6.38. The number of hydrogen-bond acceptors (Lipinski definition) is 5. The molecule has 2 heterocycles. The molecule has 2 fully saturated rings. The Kier molecular flexibility index (Phi) is 8.72. The van der Waals surface area contributed by atoms with Crippen molar-refractivity contribution in [1.29, 1.82) is 0 Å². The summed E-state index contributed by atoms with van der Waals surface area (Å²) in [6.07, 6.45) is 4.76. The average molecular weight is 538 g/mol. The third-order valence-electron chi connectivity index (χ3n) is 7.46. The minimum atomic E-state index is -1.19. The van der Waals surface area contributed by atoms with Crippen LogP contribution in [0.15, 0.2) is 30.3 Å². The summed E-state index contributed by atoms with van der Waals surface area (Å²) in [6, 6.07) is 7.15. The molecule has 39 heavy (non-hydrogen) atoms. The Balaban J connectivity index is 1.52. The van der Waals surface area contributed by atoms with Gasteiger partial charge in [0.2, 0.25) is 17.6 Å². The van der Waals surface area contributed by atoms with Crippen LogP contribution in [0.1, 0.15) is 76.2 Å². The number of H-pyrrole nitrogens is 1. The Bertz CT molecular complexity index is 1210. The van der Waals surface area contributed by atoms with Gasteiger partial charge in [-0.25, -0.2) is 0 Å². The van der Waals surface area contributed by atoms with Crippen LogP contribution in [0, 0.1) is 11.8 Å². The summed E-state index contributed by atoms with van der Waals surface area (Å²) >= 11 is 0. The number of carbonyl (C=O) groups excluding carboxylic acids is 5. The van der Waals surface area contributed by atoms with E-state index in [9.17, 15) is 24.0 Å². The summed E-state index contributed by atoms with van der Waals surface area (Å²) in [5, 5.41) is 11.9. The maximum Gasteiger partial charge on any atom is 0.290 e. The Hall–Kier alpha value is -3.69. The van der Waals surface area contributed by atoms with E-state index in [2.05, 4.69) is 26.3 Å². The Morgan fingerprint density at radius 3 is 2.36 bits per heavy atom. The van der Waals surface area contributed by atoms with E-state index < -0.39 is 47.0 Å². The molecule has 4 rings (SSSR count). The minimum Gasteiger partial charge on any atom is -0.356 e. The van der Waals surface area contributed by atoms with Crippen molar-refractivity contribution in [1.82, 2.24) is 26.3 Å². The molecule has 4 amide bonds. The molecule has 1 saturated carbocycles. The summed E-state index contributed by atoms with van der Waals surface area (Å²) in [5.74, 6) is -2.99. The van der Waals surface area contributed by atoms with Crippen molar-refractivity contribution in [2.75, 3.05) is 6.54 Å². The highest BCUT2D eigenvalue weighted by atomic mass is 16.2. The molecular weight excluding hydrogens is 498 g/mol. The first-order valence-corrected chi connectivity index (χ1v) is 13.8. The third-order valence-corrected chi connectivity index (χ3v) is 7.46. The highest BCUT2D eigenvalue weighted by Crippen LogP contribution is 2.31. The predicted octanol–water partition coefficient (Wildman–Crippen LogP) is 2.34. The zero-order chi connectivity index (χ0) is 28.2.